The van der Waals surface area contributed by atoms with Gasteiger partial charge in [-0.15, -0.1) is 0 Å². The molecule has 0 aromatic carbocycles. The number of rotatable bonds is 4. The third-order valence-corrected chi connectivity index (χ3v) is 5.47. The molecule has 8 nitrogen and oxygen atoms in total. The van der Waals surface area contributed by atoms with Crippen molar-refractivity contribution in [3.05, 3.63) is 35.1 Å². The first-order chi connectivity index (χ1) is 12.9. The maximum absolute atomic E-state index is 12.4. The van der Waals surface area contributed by atoms with Gasteiger partial charge < -0.3 is 29.2 Å². The summed E-state index contributed by atoms with van der Waals surface area (Å²) in [5.74, 6) is -2.97. The minimum absolute atomic E-state index is 0.0589. The van der Waals surface area contributed by atoms with E-state index in [1.165, 1.54) is 21.0 Å². The molecule has 0 aliphatic carbocycles. The number of carbonyl (C=O) groups is 2. The van der Waals surface area contributed by atoms with E-state index in [0.717, 1.165) is 0 Å². The van der Waals surface area contributed by atoms with E-state index in [4.69, 9.17) is 18.9 Å². The molecule has 3 heterocycles. The monoisotopic (exact) mass is 394 g/mol. The van der Waals surface area contributed by atoms with Gasteiger partial charge in [-0.3, -0.25) is 0 Å². The molecule has 1 saturated heterocycles. The Labute approximate surface area is 163 Å². The highest BCUT2D eigenvalue weighted by Crippen LogP contribution is 2.49. The number of aliphatic hydroxyl groups is 2. The maximum atomic E-state index is 12.4. The van der Waals surface area contributed by atoms with Crippen LogP contribution in [0.4, 0.5) is 0 Å². The molecule has 0 aromatic heterocycles. The zero-order valence-electron chi connectivity index (χ0n) is 16.5. The average molecular weight is 394 g/mol. The second-order valence-electron chi connectivity index (χ2n) is 8.07. The fraction of sp³-hybridized carbons (Fsp3) is 0.600. The van der Waals surface area contributed by atoms with Gasteiger partial charge in [-0.25, -0.2) is 9.59 Å². The van der Waals surface area contributed by atoms with Crippen molar-refractivity contribution < 1.29 is 38.7 Å². The molecule has 0 radical (unpaired) electrons. The SMILES string of the molecule is C=C(C)C(=O)O[C@H]1C[C@@](C)(O)[C@]2(O)CC[C@](C)(/C=C3/OC(=O)C(COC)=C31)O2. The van der Waals surface area contributed by atoms with Gasteiger partial charge in [0.15, 0.2) is 5.79 Å². The predicted molar refractivity (Wildman–Crippen MR) is 96.7 cm³/mol. The molecule has 4 atom stereocenters. The van der Waals surface area contributed by atoms with Crippen molar-refractivity contribution in [3.63, 3.8) is 0 Å². The molecule has 2 bridgehead atoms. The zero-order chi connectivity index (χ0) is 20.9. The minimum Gasteiger partial charge on any atom is -0.454 e. The minimum atomic E-state index is -1.85. The van der Waals surface area contributed by atoms with Gasteiger partial charge in [-0.2, -0.15) is 0 Å². The Morgan fingerprint density at radius 2 is 2.04 bits per heavy atom. The van der Waals surface area contributed by atoms with E-state index in [0.29, 0.717) is 12.0 Å². The van der Waals surface area contributed by atoms with Gasteiger partial charge in [0.2, 0.25) is 0 Å². The van der Waals surface area contributed by atoms with Gasteiger partial charge in [-0.1, -0.05) is 6.58 Å². The quantitative estimate of drug-likeness (QED) is 0.542. The highest BCUT2D eigenvalue weighted by atomic mass is 16.7. The summed E-state index contributed by atoms with van der Waals surface area (Å²) in [7, 11) is 1.43. The van der Waals surface area contributed by atoms with E-state index in [9.17, 15) is 19.8 Å². The fourth-order valence-electron chi connectivity index (χ4n) is 3.83. The smallest absolute Gasteiger partial charge is 0.342 e. The van der Waals surface area contributed by atoms with Crippen LogP contribution in [0.25, 0.3) is 0 Å². The maximum Gasteiger partial charge on any atom is 0.342 e. The Morgan fingerprint density at radius 3 is 2.64 bits per heavy atom. The lowest BCUT2D eigenvalue weighted by atomic mass is 9.82. The number of hydrogen-bond acceptors (Lipinski definition) is 8. The van der Waals surface area contributed by atoms with Crippen LogP contribution in [-0.2, 0) is 28.5 Å². The molecule has 2 N–H and O–H groups in total. The molecule has 1 fully saturated rings. The zero-order valence-corrected chi connectivity index (χ0v) is 16.5. The second kappa shape index (κ2) is 6.81. The second-order valence-corrected chi connectivity index (χ2v) is 8.07. The molecule has 0 unspecified atom stereocenters. The highest BCUT2D eigenvalue weighted by Gasteiger charge is 2.58. The van der Waals surface area contributed by atoms with E-state index < -0.39 is 35.0 Å². The lowest BCUT2D eigenvalue weighted by Crippen LogP contribution is -2.54. The van der Waals surface area contributed by atoms with Crippen molar-refractivity contribution in [3.8, 4) is 0 Å². The van der Waals surface area contributed by atoms with Crippen LogP contribution in [0.2, 0.25) is 0 Å². The summed E-state index contributed by atoms with van der Waals surface area (Å²) in [5, 5.41) is 22.1. The van der Waals surface area contributed by atoms with Gasteiger partial charge in [0.25, 0.3) is 0 Å². The van der Waals surface area contributed by atoms with Crippen LogP contribution in [0.3, 0.4) is 0 Å². The van der Waals surface area contributed by atoms with Gasteiger partial charge in [0, 0.05) is 31.1 Å². The van der Waals surface area contributed by atoms with E-state index in [2.05, 4.69) is 6.58 Å². The number of hydrogen-bond donors (Lipinski definition) is 2. The molecule has 3 rings (SSSR count). The first kappa shape index (κ1) is 20.7. The highest BCUT2D eigenvalue weighted by molar-refractivity contribution is 5.95. The van der Waals surface area contributed by atoms with E-state index >= 15 is 0 Å². The fourth-order valence-corrected chi connectivity index (χ4v) is 3.83. The molecule has 154 valence electrons. The summed E-state index contributed by atoms with van der Waals surface area (Å²) in [6.07, 6.45) is 0.875. The van der Waals surface area contributed by atoms with Gasteiger partial charge in [0.05, 0.1) is 17.8 Å². The molecule has 0 amide bonds. The van der Waals surface area contributed by atoms with Crippen LogP contribution < -0.4 is 0 Å². The topological polar surface area (TPSA) is 112 Å². The third kappa shape index (κ3) is 3.41. The van der Waals surface area contributed by atoms with E-state index in [-0.39, 0.29) is 36.4 Å². The molecule has 28 heavy (non-hydrogen) atoms. The summed E-state index contributed by atoms with van der Waals surface area (Å²) < 4.78 is 21.9. The Bertz CT molecular complexity index is 792. The Hall–Kier alpha value is -2.00. The van der Waals surface area contributed by atoms with Crippen molar-refractivity contribution in [2.24, 2.45) is 0 Å². The first-order valence-corrected chi connectivity index (χ1v) is 9.10. The van der Waals surface area contributed by atoms with Crippen LogP contribution >= 0.6 is 0 Å². The lowest BCUT2D eigenvalue weighted by molar-refractivity contribution is -0.298. The largest absolute Gasteiger partial charge is 0.454 e. The average Bonchev–Trinajstić information content (AvgIpc) is 3.05. The number of fused-ring (bicyclic) bond motifs is 3. The number of methoxy groups -OCH3 is 1. The number of esters is 2. The number of carbonyl (C=O) groups excluding carboxylic acids is 2. The molecule has 3 aliphatic heterocycles. The van der Waals surface area contributed by atoms with Gasteiger partial charge in [0.1, 0.15) is 17.5 Å². The lowest BCUT2D eigenvalue weighted by Gasteiger charge is -2.40. The molecular weight excluding hydrogens is 368 g/mol. The van der Waals surface area contributed by atoms with Gasteiger partial charge in [-0.05, 0) is 33.3 Å². The van der Waals surface area contributed by atoms with Gasteiger partial charge >= 0.3 is 11.9 Å². The van der Waals surface area contributed by atoms with Crippen LogP contribution in [0, 0.1) is 0 Å². The normalized spacial score (nSPS) is 39.3. The van der Waals surface area contributed by atoms with Crippen molar-refractivity contribution in [1.82, 2.24) is 0 Å². The van der Waals surface area contributed by atoms with E-state index in [1.54, 1.807) is 13.0 Å². The van der Waals surface area contributed by atoms with Crippen molar-refractivity contribution >= 4 is 11.9 Å². The third-order valence-electron chi connectivity index (χ3n) is 5.47. The van der Waals surface area contributed by atoms with E-state index in [1.807, 2.05) is 0 Å². The van der Waals surface area contributed by atoms with Crippen LogP contribution in [-0.4, -0.2) is 59.0 Å². The van der Waals surface area contributed by atoms with Crippen molar-refractivity contribution in [1.29, 1.82) is 0 Å². The van der Waals surface area contributed by atoms with Crippen molar-refractivity contribution in [2.75, 3.05) is 13.7 Å². The van der Waals surface area contributed by atoms with Crippen molar-refractivity contribution in [2.45, 2.75) is 63.1 Å². The van der Waals surface area contributed by atoms with Crippen LogP contribution in [0.15, 0.2) is 35.1 Å². The standard InChI is InChI=1S/C20H26O8/c1-11(2)16(21)26-14-9-19(4,23)20(24)7-6-18(3,28-20)8-13-15(14)12(10-25-5)17(22)27-13/h8,14,23-24H,1,6-7,9-10H2,2-5H3/b13-8+/t14-,18+,19+,20-/m0/s1. The Balaban J connectivity index is 2.18. The summed E-state index contributed by atoms with van der Waals surface area (Å²) in [6, 6.07) is 0. The Kier molecular flexibility index (Phi) is 5.04. The summed E-state index contributed by atoms with van der Waals surface area (Å²) in [4.78, 5) is 24.7. The predicted octanol–water partition coefficient (Wildman–Crippen LogP) is 1.27. The number of ether oxygens (including phenoxy) is 4. The molecule has 0 saturated carbocycles. The van der Waals surface area contributed by atoms with Crippen LogP contribution in [0.1, 0.15) is 40.0 Å². The summed E-state index contributed by atoms with van der Waals surface area (Å²) >= 11 is 0. The first-order valence-electron chi connectivity index (χ1n) is 9.10. The molecular formula is C20H26O8. The molecule has 0 spiro atoms. The molecule has 8 heteroatoms. The molecule has 3 aliphatic rings. The summed E-state index contributed by atoms with van der Waals surface area (Å²) in [5.41, 5.74) is -2.09. The Morgan fingerprint density at radius 1 is 1.36 bits per heavy atom. The summed E-state index contributed by atoms with van der Waals surface area (Å²) in [6.45, 7) is 8.15. The van der Waals surface area contributed by atoms with Crippen LogP contribution in [0.5, 0.6) is 0 Å². The molecule has 0 aromatic rings.